The largest absolute Gasteiger partial charge is 0.382 e. The van der Waals surface area contributed by atoms with E-state index in [1.807, 2.05) is 24.3 Å². The van der Waals surface area contributed by atoms with Gasteiger partial charge in [-0.1, -0.05) is 19.3 Å². The second kappa shape index (κ2) is 9.72. The third-order valence-electron chi connectivity index (χ3n) is 5.54. The molecule has 1 aromatic carbocycles. The molecule has 0 radical (unpaired) electrons. The molecule has 0 unspecified atom stereocenters. The molecule has 1 aromatic heterocycles. The van der Waals surface area contributed by atoms with Crippen LogP contribution in [0.2, 0.25) is 0 Å². The Balaban J connectivity index is 1.42. The lowest BCUT2D eigenvalue weighted by molar-refractivity contribution is 0.102. The summed E-state index contributed by atoms with van der Waals surface area (Å²) in [5.41, 5.74) is 1.70. The molecule has 2 aromatic rings. The molecule has 1 amide bonds. The summed E-state index contributed by atoms with van der Waals surface area (Å²) in [5, 5.41) is 8.07. The fourth-order valence-electron chi connectivity index (χ4n) is 3.91. The molecule has 2 N–H and O–H groups in total. The van der Waals surface area contributed by atoms with Gasteiger partial charge in [0.1, 0.15) is 9.77 Å². The van der Waals surface area contributed by atoms with Gasteiger partial charge in [-0.15, -0.1) is 11.3 Å². The van der Waals surface area contributed by atoms with Crippen molar-refractivity contribution in [1.29, 1.82) is 0 Å². The zero-order valence-corrected chi connectivity index (χ0v) is 19.3. The highest BCUT2D eigenvalue weighted by Gasteiger charge is 2.31. The van der Waals surface area contributed by atoms with E-state index in [-0.39, 0.29) is 15.7 Å². The number of carbonyl (C=O) groups excluding carboxylic acids is 1. The van der Waals surface area contributed by atoms with Gasteiger partial charge in [0, 0.05) is 42.0 Å². The Morgan fingerprint density at radius 1 is 0.967 bits per heavy atom. The van der Waals surface area contributed by atoms with Gasteiger partial charge >= 0.3 is 0 Å². The molecule has 2 aliphatic rings. The molecule has 9 heteroatoms. The van der Waals surface area contributed by atoms with Crippen LogP contribution in [0.15, 0.2) is 40.6 Å². The highest BCUT2D eigenvalue weighted by atomic mass is 32.2. The lowest BCUT2D eigenvalue weighted by Crippen LogP contribution is -2.38. The number of nitrogens with zero attached hydrogens (tertiary/aromatic N) is 1. The Morgan fingerprint density at radius 2 is 1.63 bits per heavy atom. The van der Waals surface area contributed by atoms with E-state index in [0.29, 0.717) is 24.8 Å². The van der Waals surface area contributed by atoms with Crippen LogP contribution < -0.4 is 10.6 Å². The lowest BCUT2D eigenvalue weighted by atomic mass is 9.95. The Hall–Kier alpha value is -1.55. The summed E-state index contributed by atoms with van der Waals surface area (Å²) in [6.07, 6.45) is 6.26. The first-order chi connectivity index (χ1) is 14.5. The summed E-state index contributed by atoms with van der Waals surface area (Å²) in [6, 6.07) is 9.68. The summed E-state index contributed by atoms with van der Waals surface area (Å²) in [4.78, 5) is 13.2. The van der Waals surface area contributed by atoms with Crippen molar-refractivity contribution >= 4 is 50.4 Å². The maximum absolute atomic E-state index is 13.0. The highest BCUT2D eigenvalue weighted by molar-refractivity contribution is 7.99. The van der Waals surface area contributed by atoms with Crippen LogP contribution in [-0.2, 0) is 10.0 Å². The number of rotatable bonds is 6. The first kappa shape index (κ1) is 21.7. The third-order valence-corrected chi connectivity index (χ3v) is 9.47. The Morgan fingerprint density at radius 3 is 2.33 bits per heavy atom. The Bertz CT molecular complexity index is 961. The van der Waals surface area contributed by atoms with Crippen molar-refractivity contribution in [2.45, 2.75) is 43.0 Å². The van der Waals surface area contributed by atoms with Crippen molar-refractivity contribution in [3.05, 3.63) is 40.6 Å². The molecule has 1 saturated carbocycles. The van der Waals surface area contributed by atoms with Crippen LogP contribution in [0.1, 0.15) is 41.8 Å². The molecule has 30 heavy (non-hydrogen) atoms. The number of thioether (sulfide) groups is 1. The van der Waals surface area contributed by atoms with Gasteiger partial charge in [0.05, 0.1) is 0 Å². The van der Waals surface area contributed by atoms with E-state index in [1.165, 1.54) is 42.5 Å². The number of thiophene rings is 1. The minimum atomic E-state index is -3.65. The summed E-state index contributed by atoms with van der Waals surface area (Å²) in [6.45, 7) is 0.971. The van der Waals surface area contributed by atoms with E-state index in [9.17, 15) is 13.2 Å². The molecule has 162 valence electrons. The van der Waals surface area contributed by atoms with E-state index in [4.69, 9.17) is 0 Å². The lowest BCUT2D eigenvalue weighted by Gasteiger charge is -2.25. The van der Waals surface area contributed by atoms with E-state index in [0.717, 1.165) is 28.5 Å². The highest BCUT2D eigenvalue weighted by Crippen LogP contribution is 2.28. The van der Waals surface area contributed by atoms with Gasteiger partial charge in [-0.25, -0.2) is 8.42 Å². The van der Waals surface area contributed by atoms with Gasteiger partial charge in [-0.05, 0) is 48.6 Å². The van der Waals surface area contributed by atoms with Gasteiger partial charge in [0.25, 0.3) is 5.91 Å². The molecule has 1 aliphatic heterocycles. The van der Waals surface area contributed by atoms with Crippen molar-refractivity contribution in [1.82, 2.24) is 4.31 Å². The van der Waals surface area contributed by atoms with Gasteiger partial charge in [0.15, 0.2) is 0 Å². The molecule has 0 bridgehead atoms. The van der Waals surface area contributed by atoms with E-state index >= 15 is 0 Å². The zero-order valence-electron chi connectivity index (χ0n) is 16.8. The molecule has 1 aliphatic carbocycles. The van der Waals surface area contributed by atoms with Crippen LogP contribution in [0.4, 0.5) is 11.4 Å². The number of carbonyl (C=O) groups is 1. The van der Waals surface area contributed by atoms with Crippen molar-refractivity contribution in [2.24, 2.45) is 0 Å². The molecule has 2 heterocycles. The van der Waals surface area contributed by atoms with Crippen molar-refractivity contribution < 1.29 is 13.2 Å². The van der Waals surface area contributed by atoms with Crippen LogP contribution in [0.3, 0.4) is 0 Å². The quantitative estimate of drug-likeness (QED) is 0.658. The Labute approximate surface area is 186 Å². The fourth-order valence-corrected chi connectivity index (χ4v) is 7.78. The maximum atomic E-state index is 13.0. The summed E-state index contributed by atoms with van der Waals surface area (Å²) in [7, 11) is -3.65. The molecular weight excluding hydrogens is 438 g/mol. The van der Waals surface area contributed by atoms with Crippen LogP contribution in [0.5, 0.6) is 0 Å². The average molecular weight is 466 g/mol. The maximum Gasteiger partial charge on any atom is 0.267 e. The average Bonchev–Trinajstić information content (AvgIpc) is 3.28. The zero-order chi connectivity index (χ0) is 21.0. The van der Waals surface area contributed by atoms with E-state index in [1.54, 1.807) is 17.1 Å². The molecule has 6 nitrogen and oxygen atoms in total. The van der Waals surface area contributed by atoms with Gasteiger partial charge in [-0.2, -0.15) is 16.1 Å². The number of sulfonamides is 1. The van der Waals surface area contributed by atoms with Crippen molar-refractivity contribution in [2.75, 3.05) is 35.2 Å². The Kier molecular flexibility index (Phi) is 7.02. The van der Waals surface area contributed by atoms with E-state index in [2.05, 4.69) is 10.6 Å². The van der Waals surface area contributed by atoms with Crippen LogP contribution in [0, 0.1) is 0 Å². The second-order valence-corrected chi connectivity index (χ2v) is 11.7. The third kappa shape index (κ3) is 5.01. The molecule has 2 fully saturated rings. The minimum Gasteiger partial charge on any atom is -0.382 e. The van der Waals surface area contributed by atoms with Crippen LogP contribution in [0.25, 0.3) is 0 Å². The molecule has 0 spiro atoms. The topological polar surface area (TPSA) is 78.5 Å². The minimum absolute atomic E-state index is 0.104. The second-order valence-electron chi connectivity index (χ2n) is 7.64. The number of nitrogens with one attached hydrogen (secondary N) is 2. The fraction of sp³-hybridized carbons (Fsp3) is 0.476. The summed E-state index contributed by atoms with van der Waals surface area (Å²) >= 11 is 2.91. The van der Waals surface area contributed by atoms with E-state index < -0.39 is 10.0 Å². The number of hydrogen-bond donors (Lipinski definition) is 2. The van der Waals surface area contributed by atoms with Crippen molar-refractivity contribution in [3.63, 3.8) is 0 Å². The van der Waals surface area contributed by atoms with Crippen LogP contribution >= 0.6 is 23.1 Å². The van der Waals surface area contributed by atoms with Gasteiger partial charge in [-0.3, -0.25) is 4.79 Å². The normalized spacial score (nSPS) is 18.8. The smallest absolute Gasteiger partial charge is 0.267 e. The first-order valence-electron chi connectivity index (χ1n) is 10.4. The summed E-state index contributed by atoms with van der Waals surface area (Å²) < 4.78 is 27.5. The van der Waals surface area contributed by atoms with Crippen molar-refractivity contribution in [3.8, 4) is 0 Å². The molecule has 1 saturated heterocycles. The number of anilines is 2. The first-order valence-corrected chi connectivity index (χ1v) is 13.8. The predicted octanol–water partition coefficient (Wildman–Crippen LogP) is 4.48. The van der Waals surface area contributed by atoms with Gasteiger partial charge < -0.3 is 10.6 Å². The number of hydrogen-bond acceptors (Lipinski definition) is 6. The molecule has 0 atom stereocenters. The van der Waals surface area contributed by atoms with Crippen LogP contribution in [-0.4, -0.2) is 49.3 Å². The summed E-state index contributed by atoms with van der Waals surface area (Å²) in [5.74, 6) is 1.18. The standard InChI is InChI=1S/C21H27N3O3S3/c25-21(20-19(10-13-29-20)30(26,27)24-11-14-28-15-12-24)23-18-8-6-17(7-9-18)22-16-4-2-1-3-5-16/h6-10,13,16,22H,1-5,11-12,14-15H2,(H,23,25). The van der Waals surface area contributed by atoms with Gasteiger partial charge in [0.2, 0.25) is 10.0 Å². The monoisotopic (exact) mass is 465 g/mol. The number of benzene rings is 1. The number of amides is 1. The predicted molar refractivity (Wildman–Crippen MR) is 125 cm³/mol. The SMILES string of the molecule is O=C(Nc1ccc(NC2CCCCC2)cc1)c1sccc1S(=O)(=O)N1CCSCC1. The molecular formula is C21H27N3O3S3. The molecule has 4 rings (SSSR count).